The normalized spacial score (nSPS) is 10.9. The molecule has 1 heterocycles. The number of hydrogen-bond acceptors (Lipinski definition) is 4. The quantitative estimate of drug-likeness (QED) is 0.577. The molecule has 0 amide bonds. The number of azo groups is 1. The molecule has 0 saturated carbocycles. The average molecular weight is 193 g/mol. The van der Waals surface area contributed by atoms with Gasteiger partial charge in [0.2, 0.25) is 0 Å². The van der Waals surface area contributed by atoms with Gasteiger partial charge in [0.05, 0.1) is 12.7 Å². The third-order valence-corrected chi connectivity index (χ3v) is 1.77. The Morgan fingerprint density at radius 2 is 2.21 bits per heavy atom. The van der Waals surface area contributed by atoms with Crippen LogP contribution in [0.15, 0.2) is 28.6 Å². The van der Waals surface area contributed by atoms with Crippen LogP contribution >= 0.6 is 0 Å². The largest absolute Gasteiger partial charge is 0.506 e. The van der Waals surface area contributed by atoms with Gasteiger partial charge in [-0.1, -0.05) is 19.8 Å². The lowest BCUT2D eigenvalue weighted by molar-refractivity contribution is 0.473. The summed E-state index contributed by atoms with van der Waals surface area (Å²) < 4.78 is 0. The second-order valence-electron chi connectivity index (χ2n) is 3.05. The summed E-state index contributed by atoms with van der Waals surface area (Å²) in [4.78, 5) is 3.89. The summed E-state index contributed by atoms with van der Waals surface area (Å²) in [5, 5.41) is 16.9. The monoisotopic (exact) mass is 193 g/mol. The first-order valence-electron chi connectivity index (χ1n) is 4.85. The molecular formula is C10H15N3O. The molecule has 0 bridgehead atoms. The zero-order valence-corrected chi connectivity index (χ0v) is 8.35. The van der Waals surface area contributed by atoms with Gasteiger partial charge < -0.3 is 5.11 Å². The molecule has 0 fully saturated rings. The third kappa shape index (κ3) is 3.98. The molecule has 0 unspecified atom stereocenters. The molecule has 1 aromatic rings. The van der Waals surface area contributed by atoms with E-state index in [0.29, 0.717) is 5.82 Å². The van der Waals surface area contributed by atoms with E-state index in [1.54, 1.807) is 12.1 Å². The van der Waals surface area contributed by atoms with Crippen LogP contribution < -0.4 is 0 Å². The van der Waals surface area contributed by atoms with Crippen LogP contribution in [0, 0.1) is 0 Å². The first-order valence-corrected chi connectivity index (χ1v) is 4.85. The molecule has 76 valence electrons. The number of rotatable bonds is 5. The van der Waals surface area contributed by atoms with Crippen molar-refractivity contribution in [3.63, 3.8) is 0 Å². The van der Waals surface area contributed by atoms with Gasteiger partial charge in [-0.3, -0.25) is 0 Å². The lowest BCUT2D eigenvalue weighted by Gasteiger charge is -1.93. The maximum absolute atomic E-state index is 8.96. The summed E-state index contributed by atoms with van der Waals surface area (Å²) in [6.45, 7) is 2.90. The van der Waals surface area contributed by atoms with Gasteiger partial charge in [0.1, 0.15) is 5.75 Å². The molecule has 1 N–H and O–H groups in total. The minimum absolute atomic E-state index is 0.148. The highest BCUT2D eigenvalue weighted by atomic mass is 16.3. The fourth-order valence-electron chi connectivity index (χ4n) is 0.992. The van der Waals surface area contributed by atoms with Gasteiger partial charge in [-0.05, 0) is 18.6 Å². The Morgan fingerprint density at radius 3 is 2.86 bits per heavy atom. The molecular weight excluding hydrogens is 178 g/mol. The molecule has 0 aliphatic carbocycles. The highest BCUT2D eigenvalue weighted by Gasteiger charge is 1.90. The molecule has 0 aromatic carbocycles. The Hall–Kier alpha value is -1.45. The summed E-state index contributed by atoms with van der Waals surface area (Å²) >= 11 is 0. The van der Waals surface area contributed by atoms with E-state index in [2.05, 4.69) is 22.1 Å². The van der Waals surface area contributed by atoms with Crippen molar-refractivity contribution >= 4 is 5.82 Å². The summed E-state index contributed by atoms with van der Waals surface area (Å²) in [5.74, 6) is 0.689. The van der Waals surface area contributed by atoms with Crippen LogP contribution in [0.2, 0.25) is 0 Å². The molecule has 0 aliphatic heterocycles. The van der Waals surface area contributed by atoms with Crippen LogP contribution in [-0.2, 0) is 0 Å². The highest BCUT2D eigenvalue weighted by Crippen LogP contribution is 2.12. The maximum atomic E-state index is 8.96. The zero-order chi connectivity index (χ0) is 10.2. The van der Waals surface area contributed by atoms with Gasteiger partial charge in [0.15, 0.2) is 5.82 Å². The smallest absolute Gasteiger partial charge is 0.174 e. The van der Waals surface area contributed by atoms with Crippen molar-refractivity contribution in [1.29, 1.82) is 0 Å². The summed E-state index contributed by atoms with van der Waals surface area (Å²) in [7, 11) is 0. The van der Waals surface area contributed by atoms with E-state index < -0.39 is 0 Å². The van der Waals surface area contributed by atoms with Crippen LogP contribution in [0.1, 0.15) is 26.2 Å². The van der Waals surface area contributed by atoms with Crippen molar-refractivity contribution < 1.29 is 5.11 Å². The Morgan fingerprint density at radius 1 is 1.36 bits per heavy atom. The SMILES string of the molecule is CCCCC/N=N/c1ccc(O)cn1. The van der Waals surface area contributed by atoms with E-state index in [0.717, 1.165) is 13.0 Å². The molecule has 0 saturated heterocycles. The van der Waals surface area contributed by atoms with E-state index >= 15 is 0 Å². The minimum atomic E-state index is 0.148. The Kier molecular flexibility index (Phi) is 4.61. The number of aromatic hydroxyl groups is 1. The van der Waals surface area contributed by atoms with Crippen molar-refractivity contribution in [2.24, 2.45) is 10.2 Å². The molecule has 1 rings (SSSR count). The van der Waals surface area contributed by atoms with Gasteiger partial charge in [0, 0.05) is 0 Å². The first kappa shape index (κ1) is 10.6. The highest BCUT2D eigenvalue weighted by molar-refractivity contribution is 5.30. The van der Waals surface area contributed by atoms with Crippen molar-refractivity contribution in [1.82, 2.24) is 4.98 Å². The Balaban J connectivity index is 2.33. The molecule has 1 aromatic heterocycles. The number of unbranched alkanes of at least 4 members (excludes halogenated alkanes) is 2. The molecule has 0 atom stereocenters. The van der Waals surface area contributed by atoms with E-state index in [1.165, 1.54) is 19.0 Å². The second kappa shape index (κ2) is 6.07. The molecule has 4 nitrogen and oxygen atoms in total. The van der Waals surface area contributed by atoms with Gasteiger partial charge >= 0.3 is 0 Å². The first-order chi connectivity index (χ1) is 6.83. The number of pyridine rings is 1. The number of aromatic nitrogens is 1. The van der Waals surface area contributed by atoms with E-state index in [-0.39, 0.29) is 5.75 Å². The van der Waals surface area contributed by atoms with Crippen LogP contribution in [0.25, 0.3) is 0 Å². The van der Waals surface area contributed by atoms with Crippen molar-refractivity contribution in [2.75, 3.05) is 6.54 Å². The molecule has 4 heteroatoms. The lowest BCUT2D eigenvalue weighted by atomic mass is 10.3. The van der Waals surface area contributed by atoms with Gasteiger partial charge in [0.25, 0.3) is 0 Å². The minimum Gasteiger partial charge on any atom is -0.506 e. The van der Waals surface area contributed by atoms with Crippen LogP contribution in [0.3, 0.4) is 0 Å². The Bertz CT molecular complexity index is 282. The molecule has 0 aliphatic rings. The zero-order valence-electron chi connectivity index (χ0n) is 8.35. The van der Waals surface area contributed by atoms with Crippen LogP contribution in [-0.4, -0.2) is 16.6 Å². The van der Waals surface area contributed by atoms with Crippen LogP contribution in [0.5, 0.6) is 5.75 Å². The molecule has 0 radical (unpaired) electrons. The van der Waals surface area contributed by atoms with Gasteiger partial charge in [-0.2, -0.15) is 5.11 Å². The predicted molar refractivity (Wildman–Crippen MR) is 54.8 cm³/mol. The van der Waals surface area contributed by atoms with Gasteiger partial charge in [-0.25, -0.2) is 4.98 Å². The lowest BCUT2D eigenvalue weighted by Crippen LogP contribution is -1.79. The predicted octanol–water partition coefficient (Wildman–Crippen LogP) is 3.06. The van der Waals surface area contributed by atoms with E-state index in [9.17, 15) is 0 Å². The third-order valence-electron chi connectivity index (χ3n) is 1.77. The van der Waals surface area contributed by atoms with E-state index in [1.807, 2.05) is 0 Å². The maximum Gasteiger partial charge on any atom is 0.174 e. The standard InChI is InChI=1S/C10H15N3O/c1-2-3-4-7-12-13-10-6-5-9(14)8-11-10/h5-6,8,14H,2-4,7H2,1H3/b13-12+. The molecule has 0 spiro atoms. The van der Waals surface area contributed by atoms with Crippen molar-refractivity contribution in [3.05, 3.63) is 18.3 Å². The van der Waals surface area contributed by atoms with Crippen molar-refractivity contribution in [2.45, 2.75) is 26.2 Å². The fourth-order valence-corrected chi connectivity index (χ4v) is 0.992. The average Bonchev–Trinajstić information content (AvgIpc) is 2.21. The van der Waals surface area contributed by atoms with Gasteiger partial charge in [-0.15, -0.1) is 5.11 Å². The summed E-state index contributed by atoms with van der Waals surface area (Å²) in [6, 6.07) is 3.19. The van der Waals surface area contributed by atoms with Crippen molar-refractivity contribution in [3.8, 4) is 5.75 Å². The summed E-state index contributed by atoms with van der Waals surface area (Å²) in [5.41, 5.74) is 0. The number of nitrogens with zero attached hydrogens (tertiary/aromatic N) is 3. The topological polar surface area (TPSA) is 57.8 Å². The fraction of sp³-hybridized carbons (Fsp3) is 0.500. The van der Waals surface area contributed by atoms with Crippen LogP contribution in [0.4, 0.5) is 5.82 Å². The number of hydrogen-bond donors (Lipinski definition) is 1. The molecule has 14 heavy (non-hydrogen) atoms. The Labute approximate surface area is 83.7 Å². The summed E-state index contributed by atoms with van der Waals surface area (Å²) in [6.07, 6.45) is 4.80. The van der Waals surface area contributed by atoms with E-state index in [4.69, 9.17) is 5.11 Å². The second-order valence-corrected chi connectivity index (χ2v) is 3.05.